The average molecular weight is 199 g/mol. The number of hydrogen-bond donors (Lipinski definition) is 1. The van der Waals surface area contributed by atoms with Gasteiger partial charge in [-0.1, -0.05) is 41.0 Å². The zero-order chi connectivity index (χ0) is 11.0. The molecular weight excluding hydrogens is 170 g/mol. The lowest BCUT2D eigenvalue weighted by molar-refractivity contribution is 0.375. The Morgan fingerprint density at radius 2 is 1.64 bits per heavy atom. The van der Waals surface area contributed by atoms with Crippen molar-refractivity contribution in [3.8, 4) is 0 Å². The van der Waals surface area contributed by atoms with Gasteiger partial charge in [0.15, 0.2) is 0 Å². The van der Waals surface area contributed by atoms with E-state index in [9.17, 15) is 0 Å². The summed E-state index contributed by atoms with van der Waals surface area (Å²) in [6, 6.07) is 0.740. The summed E-state index contributed by atoms with van der Waals surface area (Å²) in [5.41, 5.74) is 0. The molecule has 0 saturated heterocycles. The van der Waals surface area contributed by atoms with Crippen LogP contribution in [0.15, 0.2) is 0 Å². The van der Waals surface area contributed by atoms with E-state index in [-0.39, 0.29) is 0 Å². The van der Waals surface area contributed by atoms with Crippen LogP contribution in [0.2, 0.25) is 0 Å². The molecular formula is C13H29N. The number of hydrogen-bond acceptors (Lipinski definition) is 1. The second-order valence-electron chi connectivity index (χ2n) is 4.99. The maximum absolute atomic E-state index is 3.67. The van der Waals surface area contributed by atoms with Crippen molar-refractivity contribution < 1.29 is 0 Å². The Bertz CT molecular complexity index is 120. The lowest BCUT2D eigenvalue weighted by Crippen LogP contribution is -2.31. The quantitative estimate of drug-likeness (QED) is 0.626. The van der Waals surface area contributed by atoms with Crippen LogP contribution in [0.3, 0.4) is 0 Å². The Morgan fingerprint density at radius 3 is 2.07 bits per heavy atom. The average Bonchev–Trinajstić information content (AvgIpc) is 2.15. The number of nitrogens with one attached hydrogen (secondary N) is 1. The minimum absolute atomic E-state index is 0.740. The fraction of sp³-hybridized carbons (Fsp3) is 1.00. The van der Waals surface area contributed by atoms with E-state index in [1.165, 1.54) is 32.2 Å². The van der Waals surface area contributed by atoms with E-state index in [1.807, 2.05) is 0 Å². The summed E-state index contributed by atoms with van der Waals surface area (Å²) < 4.78 is 0. The van der Waals surface area contributed by atoms with Gasteiger partial charge in [-0.3, -0.25) is 0 Å². The Hall–Kier alpha value is -0.0400. The molecule has 0 aliphatic carbocycles. The zero-order valence-corrected chi connectivity index (χ0v) is 10.8. The van der Waals surface area contributed by atoms with E-state index in [1.54, 1.807) is 0 Å². The smallest absolute Gasteiger partial charge is 0.00669 e. The predicted molar refractivity (Wildman–Crippen MR) is 65.6 cm³/mol. The van der Waals surface area contributed by atoms with E-state index in [4.69, 9.17) is 0 Å². The first-order chi connectivity index (χ1) is 6.60. The molecule has 0 aliphatic rings. The minimum atomic E-state index is 0.740. The standard InChI is InChI=1S/C13H29N/c1-6-12(5)10-13(7-2)14-9-8-11(3)4/h11-14H,6-10H2,1-5H3. The van der Waals surface area contributed by atoms with Crippen molar-refractivity contribution in [3.05, 3.63) is 0 Å². The summed E-state index contributed by atoms with van der Waals surface area (Å²) in [7, 11) is 0. The van der Waals surface area contributed by atoms with Crippen LogP contribution < -0.4 is 5.32 Å². The lowest BCUT2D eigenvalue weighted by Gasteiger charge is -2.20. The molecule has 1 heteroatoms. The van der Waals surface area contributed by atoms with Gasteiger partial charge in [0.2, 0.25) is 0 Å². The van der Waals surface area contributed by atoms with Gasteiger partial charge in [0.05, 0.1) is 0 Å². The van der Waals surface area contributed by atoms with Gasteiger partial charge >= 0.3 is 0 Å². The van der Waals surface area contributed by atoms with E-state index in [2.05, 4.69) is 39.9 Å². The molecule has 0 rings (SSSR count). The Balaban J connectivity index is 3.57. The van der Waals surface area contributed by atoms with Gasteiger partial charge in [0.1, 0.15) is 0 Å². The van der Waals surface area contributed by atoms with Crippen molar-refractivity contribution >= 4 is 0 Å². The van der Waals surface area contributed by atoms with Crippen LogP contribution in [0.4, 0.5) is 0 Å². The molecule has 2 atom stereocenters. The van der Waals surface area contributed by atoms with Crippen LogP contribution in [-0.4, -0.2) is 12.6 Å². The molecule has 1 N–H and O–H groups in total. The van der Waals surface area contributed by atoms with Crippen LogP contribution in [-0.2, 0) is 0 Å². The number of rotatable bonds is 8. The minimum Gasteiger partial charge on any atom is -0.314 e. The third-order valence-corrected chi connectivity index (χ3v) is 3.03. The molecule has 2 unspecified atom stereocenters. The summed E-state index contributed by atoms with van der Waals surface area (Å²) in [5, 5.41) is 3.67. The van der Waals surface area contributed by atoms with Crippen LogP contribution in [0.5, 0.6) is 0 Å². The maximum atomic E-state index is 3.67. The van der Waals surface area contributed by atoms with Gasteiger partial charge in [-0.15, -0.1) is 0 Å². The fourth-order valence-electron chi connectivity index (χ4n) is 1.62. The third-order valence-electron chi connectivity index (χ3n) is 3.03. The van der Waals surface area contributed by atoms with Crippen LogP contribution >= 0.6 is 0 Å². The second kappa shape index (κ2) is 8.28. The van der Waals surface area contributed by atoms with Crippen molar-refractivity contribution in [1.29, 1.82) is 0 Å². The lowest BCUT2D eigenvalue weighted by atomic mass is 9.97. The van der Waals surface area contributed by atoms with Gasteiger partial charge < -0.3 is 5.32 Å². The van der Waals surface area contributed by atoms with Gasteiger partial charge in [-0.2, -0.15) is 0 Å². The van der Waals surface area contributed by atoms with E-state index >= 15 is 0 Å². The summed E-state index contributed by atoms with van der Waals surface area (Å²) in [6.45, 7) is 12.7. The predicted octanol–water partition coefficient (Wildman–Crippen LogP) is 3.84. The molecule has 86 valence electrons. The molecule has 0 heterocycles. The van der Waals surface area contributed by atoms with Gasteiger partial charge in [-0.05, 0) is 37.6 Å². The summed E-state index contributed by atoms with van der Waals surface area (Å²) in [6.07, 6.45) is 5.22. The van der Waals surface area contributed by atoms with Crippen molar-refractivity contribution in [2.24, 2.45) is 11.8 Å². The van der Waals surface area contributed by atoms with Crippen LogP contribution in [0.1, 0.15) is 60.3 Å². The van der Waals surface area contributed by atoms with Crippen molar-refractivity contribution in [2.75, 3.05) is 6.54 Å². The zero-order valence-electron chi connectivity index (χ0n) is 10.8. The molecule has 0 bridgehead atoms. The SMILES string of the molecule is CCC(C)CC(CC)NCCC(C)C. The molecule has 0 aromatic heterocycles. The van der Waals surface area contributed by atoms with E-state index < -0.39 is 0 Å². The maximum Gasteiger partial charge on any atom is 0.00669 e. The van der Waals surface area contributed by atoms with E-state index in [0.29, 0.717) is 0 Å². The normalized spacial score (nSPS) is 15.9. The summed E-state index contributed by atoms with van der Waals surface area (Å²) in [5.74, 6) is 1.69. The third kappa shape index (κ3) is 7.37. The molecule has 1 nitrogen and oxygen atoms in total. The first kappa shape index (κ1) is 14.0. The second-order valence-corrected chi connectivity index (χ2v) is 4.99. The van der Waals surface area contributed by atoms with Crippen molar-refractivity contribution in [1.82, 2.24) is 5.32 Å². The molecule has 0 radical (unpaired) electrons. The molecule has 0 aromatic rings. The topological polar surface area (TPSA) is 12.0 Å². The largest absolute Gasteiger partial charge is 0.314 e. The Labute approximate surface area is 90.7 Å². The molecule has 0 saturated carbocycles. The summed E-state index contributed by atoms with van der Waals surface area (Å²) in [4.78, 5) is 0. The molecule has 0 aromatic carbocycles. The first-order valence-electron chi connectivity index (χ1n) is 6.33. The highest BCUT2D eigenvalue weighted by atomic mass is 14.9. The first-order valence-corrected chi connectivity index (χ1v) is 6.33. The molecule has 0 spiro atoms. The highest BCUT2D eigenvalue weighted by Crippen LogP contribution is 2.12. The molecule has 0 fully saturated rings. The van der Waals surface area contributed by atoms with Gasteiger partial charge in [0, 0.05) is 6.04 Å². The Morgan fingerprint density at radius 1 is 1.00 bits per heavy atom. The van der Waals surface area contributed by atoms with Crippen molar-refractivity contribution in [3.63, 3.8) is 0 Å². The fourth-order valence-corrected chi connectivity index (χ4v) is 1.62. The Kier molecular flexibility index (Phi) is 8.26. The molecule has 0 amide bonds. The van der Waals surface area contributed by atoms with Crippen LogP contribution in [0, 0.1) is 11.8 Å². The monoisotopic (exact) mass is 199 g/mol. The highest BCUT2D eigenvalue weighted by Gasteiger charge is 2.09. The van der Waals surface area contributed by atoms with Gasteiger partial charge in [0.25, 0.3) is 0 Å². The highest BCUT2D eigenvalue weighted by molar-refractivity contribution is 4.68. The van der Waals surface area contributed by atoms with Crippen LogP contribution in [0.25, 0.3) is 0 Å². The summed E-state index contributed by atoms with van der Waals surface area (Å²) >= 11 is 0. The van der Waals surface area contributed by atoms with E-state index in [0.717, 1.165) is 17.9 Å². The molecule has 0 aliphatic heterocycles. The molecule has 14 heavy (non-hydrogen) atoms. The van der Waals surface area contributed by atoms with Gasteiger partial charge in [-0.25, -0.2) is 0 Å². The van der Waals surface area contributed by atoms with Crippen molar-refractivity contribution in [2.45, 2.75) is 66.3 Å².